The molecule has 0 aliphatic rings. The number of hydrogen-bond acceptors (Lipinski definition) is 4. The molecular weight excluding hydrogens is 510 g/mol. The Kier molecular flexibility index (Phi) is 9.72. The molecule has 0 aliphatic carbocycles. The Morgan fingerprint density at radius 1 is 0.946 bits per heavy atom. The first kappa shape index (κ1) is 28.2. The van der Waals surface area contributed by atoms with Crippen LogP contribution in [0.3, 0.4) is 0 Å². The third kappa shape index (κ3) is 7.11. The van der Waals surface area contributed by atoms with Crippen molar-refractivity contribution in [2.24, 2.45) is 0 Å². The molecule has 0 saturated heterocycles. The molecule has 7 nitrogen and oxygen atoms in total. The molecule has 37 heavy (non-hydrogen) atoms. The molecule has 0 aromatic heterocycles. The first-order valence-corrected chi connectivity index (χ1v) is 13.9. The van der Waals surface area contributed by atoms with Gasteiger partial charge in [-0.1, -0.05) is 72.6 Å². The Morgan fingerprint density at radius 3 is 2.19 bits per heavy atom. The first-order valence-electron chi connectivity index (χ1n) is 12.1. The van der Waals surface area contributed by atoms with Crippen molar-refractivity contribution in [2.75, 3.05) is 17.4 Å². The lowest BCUT2D eigenvalue weighted by Crippen LogP contribution is -2.51. The molecule has 0 radical (unpaired) electrons. The van der Waals surface area contributed by atoms with Crippen molar-refractivity contribution in [2.45, 2.75) is 44.7 Å². The van der Waals surface area contributed by atoms with Crippen molar-refractivity contribution in [3.05, 3.63) is 95.0 Å². The van der Waals surface area contributed by atoms with Gasteiger partial charge in [0.15, 0.2) is 0 Å². The van der Waals surface area contributed by atoms with Crippen molar-refractivity contribution < 1.29 is 18.0 Å². The molecule has 1 N–H and O–H groups in total. The lowest BCUT2D eigenvalue weighted by molar-refractivity contribution is -0.139. The fraction of sp³-hybridized carbons (Fsp3) is 0.286. The molecule has 196 valence electrons. The summed E-state index contributed by atoms with van der Waals surface area (Å²) >= 11 is 6.36. The summed E-state index contributed by atoms with van der Waals surface area (Å²) in [6.07, 6.45) is 0.744. The first-order chi connectivity index (χ1) is 17.6. The van der Waals surface area contributed by atoms with Gasteiger partial charge in [-0.25, -0.2) is 8.42 Å². The second-order valence-corrected chi connectivity index (χ2v) is 11.0. The van der Waals surface area contributed by atoms with Crippen molar-refractivity contribution in [3.63, 3.8) is 0 Å². The van der Waals surface area contributed by atoms with Crippen LogP contribution in [0.15, 0.2) is 83.8 Å². The Balaban J connectivity index is 2.00. The van der Waals surface area contributed by atoms with Gasteiger partial charge in [0.2, 0.25) is 11.8 Å². The molecule has 9 heteroatoms. The summed E-state index contributed by atoms with van der Waals surface area (Å²) in [4.78, 5) is 28.1. The third-order valence-electron chi connectivity index (χ3n) is 5.95. The Labute approximate surface area is 224 Å². The monoisotopic (exact) mass is 541 g/mol. The van der Waals surface area contributed by atoms with Crippen LogP contribution in [0.1, 0.15) is 31.4 Å². The van der Waals surface area contributed by atoms with E-state index < -0.39 is 28.5 Å². The normalized spacial score (nSPS) is 12.0. The number of carbonyl (C=O) groups is 2. The maximum absolute atomic E-state index is 13.8. The highest BCUT2D eigenvalue weighted by atomic mass is 35.5. The maximum Gasteiger partial charge on any atom is 0.264 e. The zero-order valence-electron chi connectivity index (χ0n) is 21.2. The highest BCUT2D eigenvalue weighted by molar-refractivity contribution is 7.92. The van der Waals surface area contributed by atoms with Crippen LogP contribution >= 0.6 is 11.6 Å². The number of amides is 2. The van der Waals surface area contributed by atoms with Crippen LogP contribution in [0.2, 0.25) is 5.02 Å². The number of anilines is 1. The van der Waals surface area contributed by atoms with E-state index in [2.05, 4.69) is 5.32 Å². The number of benzene rings is 3. The number of rotatable bonds is 11. The minimum atomic E-state index is -4.08. The van der Waals surface area contributed by atoms with Crippen molar-refractivity contribution in [1.82, 2.24) is 10.2 Å². The molecule has 0 aliphatic heterocycles. The van der Waals surface area contributed by atoms with Crippen LogP contribution in [0.5, 0.6) is 0 Å². The molecule has 0 heterocycles. The van der Waals surface area contributed by atoms with E-state index in [-0.39, 0.29) is 17.3 Å². The highest BCUT2D eigenvalue weighted by Gasteiger charge is 2.32. The second kappa shape index (κ2) is 12.7. The van der Waals surface area contributed by atoms with Crippen LogP contribution in [-0.4, -0.2) is 44.3 Å². The third-order valence-corrected chi connectivity index (χ3v) is 8.10. The smallest absolute Gasteiger partial charge is 0.264 e. The Bertz CT molecular complexity index is 1310. The largest absolute Gasteiger partial charge is 0.354 e. The summed E-state index contributed by atoms with van der Waals surface area (Å²) in [6, 6.07) is 21.1. The van der Waals surface area contributed by atoms with Crippen LogP contribution < -0.4 is 9.62 Å². The molecular formula is C28H32ClN3O4S. The topological polar surface area (TPSA) is 86.8 Å². The zero-order chi connectivity index (χ0) is 27.0. The van der Waals surface area contributed by atoms with Gasteiger partial charge in [0.1, 0.15) is 12.6 Å². The molecule has 3 rings (SSSR count). The quantitative estimate of drug-likeness (QED) is 0.378. The fourth-order valence-electron chi connectivity index (χ4n) is 3.75. The molecule has 0 bridgehead atoms. The van der Waals surface area contributed by atoms with E-state index in [9.17, 15) is 18.0 Å². The summed E-state index contributed by atoms with van der Waals surface area (Å²) in [5.74, 6) is -0.853. The SMILES string of the molecule is CCCNC(=O)[C@@H](C)N(Cc1ccccc1Cl)C(=O)CN(c1ccccc1)S(=O)(=O)c1ccc(C)cc1. The van der Waals surface area contributed by atoms with E-state index in [0.29, 0.717) is 22.8 Å². The number of aryl methyl sites for hydroxylation is 1. The molecule has 0 spiro atoms. The number of carbonyl (C=O) groups excluding carboxylic acids is 2. The van der Waals surface area contributed by atoms with E-state index >= 15 is 0 Å². The fourth-order valence-corrected chi connectivity index (χ4v) is 5.36. The minimum Gasteiger partial charge on any atom is -0.354 e. The Morgan fingerprint density at radius 2 is 1.57 bits per heavy atom. The van der Waals surface area contributed by atoms with E-state index in [0.717, 1.165) is 16.3 Å². The van der Waals surface area contributed by atoms with Gasteiger partial charge in [0, 0.05) is 18.1 Å². The van der Waals surface area contributed by atoms with Crippen molar-refractivity contribution >= 4 is 39.1 Å². The zero-order valence-corrected chi connectivity index (χ0v) is 22.8. The van der Waals surface area contributed by atoms with E-state index in [1.807, 2.05) is 13.8 Å². The van der Waals surface area contributed by atoms with E-state index in [1.54, 1.807) is 73.7 Å². The Hall–Kier alpha value is -3.36. The van der Waals surface area contributed by atoms with Crippen LogP contribution in [-0.2, 0) is 26.2 Å². The van der Waals surface area contributed by atoms with Gasteiger partial charge in [-0.2, -0.15) is 0 Å². The summed E-state index contributed by atoms with van der Waals surface area (Å²) in [5, 5.41) is 3.27. The number of sulfonamides is 1. The van der Waals surface area contributed by atoms with Gasteiger partial charge in [0.25, 0.3) is 10.0 Å². The van der Waals surface area contributed by atoms with E-state index in [1.165, 1.54) is 17.0 Å². The van der Waals surface area contributed by atoms with Gasteiger partial charge in [-0.05, 0) is 56.2 Å². The molecule has 0 unspecified atom stereocenters. The van der Waals surface area contributed by atoms with Gasteiger partial charge in [0.05, 0.1) is 10.6 Å². The van der Waals surface area contributed by atoms with Crippen molar-refractivity contribution in [1.29, 1.82) is 0 Å². The van der Waals surface area contributed by atoms with Crippen molar-refractivity contribution in [3.8, 4) is 0 Å². The number of para-hydroxylation sites is 1. The number of nitrogens with one attached hydrogen (secondary N) is 1. The summed E-state index contributed by atoms with van der Waals surface area (Å²) in [5.41, 5.74) is 1.91. The molecule has 0 saturated carbocycles. The molecule has 1 atom stereocenters. The predicted molar refractivity (Wildman–Crippen MR) is 147 cm³/mol. The van der Waals surface area contributed by atoms with Gasteiger partial charge < -0.3 is 10.2 Å². The standard InChI is InChI=1S/C28H32ClN3O4S/c1-4-18-30-28(34)22(3)31(19-23-10-8-9-13-26(23)29)27(33)20-32(24-11-6-5-7-12-24)37(35,36)25-16-14-21(2)15-17-25/h5-17,22H,4,18-20H2,1-3H3,(H,30,34)/t22-/m1/s1. The van der Waals surface area contributed by atoms with Crippen LogP contribution in [0, 0.1) is 6.92 Å². The number of halogens is 1. The number of hydrogen-bond donors (Lipinski definition) is 1. The summed E-state index contributed by atoms with van der Waals surface area (Å²) in [6.45, 7) is 5.45. The second-order valence-electron chi connectivity index (χ2n) is 8.74. The average Bonchev–Trinajstić information content (AvgIpc) is 2.90. The minimum absolute atomic E-state index is 0.0480. The average molecular weight is 542 g/mol. The van der Waals surface area contributed by atoms with E-state index in [4.69, 9.17) is 11.6 Å². The lowest BCUT2D eigenvalue weighted by Gasteiger charge is -2.32. The molecule has 2 amide bonds. The highest BCUT2D eigenvalue weighted by Crippen LogP contribution is 2.25. The maximum atomic E-state index is 13.8. The van der Waals surface area contributed by atoms with Crippen LogP contribution in [0.25, 0.3) is 0 Å². The molecule has 3 aromatic carbocycles. The van der Waals surface area contributed by atoms with Crippen LogP contribution in [0.4, 0.5) is 5.69 Å². The lowest BCUT2D eigenvalue weighted by atomic mass is 10.1. The summed E-state index contributed by atoms with van der Waals surface area (Å²) in [7, 11) is -4.08. The molecule has 0 fully saturated rings. The van der Waals surface area contributed by atoms with Gasteiger partial charge in [-0.3, -0.25) is 13.9 Å². The summed E-state index contributed by atoms with van der Waals surface area (Å²) < 4.78 is 28.5. The van der Waals surface area contributed by atoms with Gasteiger partial charge >= 0.3 is 0 Å². The molecule has 3 aromatic rings. The van der Waals surface area contributed by atoms with Gasteiger partial charge in [-0.15, -0.1) is 0 Å². The number of nitrogens with zero attached hydrogens (tertiary/aromatic N) is 2. The predicted octanol–water partition coefficient (Wildman–Crippen LogP) is 4.79.